The molecule has 0 atom stereocenters. The Morgan fingerprint density at radius 1 is 1.07 bits per heavy atom. The lowest BCUT2D eigenvalue weighted by Gasteiger charge is -2.08. The lowest BCUT2D eigenvalue weighted by Crippen LogP contribution is -1.95. The van der Waals surface area contributed by atoms with E-state index < -0.39 is 0 Å². The summed E-state index contributed by atoms with van der Waals surface area (Å²) >= 11 is 0. The van der Waals surface area contributed by atoms with Crippen LogP contribution in [-0.4, -0.2) is 0 Å². The minimum absolute atomic E-state index is 0.537. The molecule has 0 heterocycles. The van der Waals surface area contributed by atoms with Crippen LogP contribution in [0.5, 0.6) is 0 Å². The summed E-state index contributed by atoms with van der Waals surface area (Å²) in [6.07, 6.45) is 0.670. The van der Waals surface area contributed by atoms with E-state index in [4.69, 9.17) is 10.5 Å². The van der Waals surface area contributed by atoms with Gasteiger partial charge in [0.05, 0.1) is 23.3 Å². The molecule has 0 aliphatic rings. The Bertz CT molecular complexity index is 405. The summed E-state index contributed by atoms with van der Waals surface area (Å²) in [4.78, 5) is 0. The lowest BCUT2D eigenvalue weighted by molar-refractivity contribution is 1.08. The van der Waals surface area contributed by atoms with Crippen LogP contribution in [0.3, 0.4) is 0 Å². The van der Waals surface area contributed by atoms with E-state index >= 15 is 0 Å². The fourth-order valence-corrected chi connectivity index (χ4v) is 1.38. The van der Waals surface area contributed by atoms with E-state index in [2.05, 4.69) is 18.7 Å². The molecule has 2 heteroatoms. The predicted octanol–water partition coefficient (Wildman–Crippen LogP) is 3.65. The standard InChI is InChI=1S/C13H16N2/c1-6-11(12(7-14)9(2)3)13(8-15)10(4)5/h2,6H2,1,3-5H3/b12-11-. The molecule has 0 radical (unpaired) electrons. The maximum absolute atomic E-state index is 9.04. The van der Waals surface area contributed by atoms with Gasteiger partial charge in [0, 0.05) is 0 Å². The van der Waals surface area contributed by atoms with Gasteiger partial charge in [0.2, 0.25) is 0 Å². The molecule has 0 aromatic heterocycles. The van der Waals surface area contributed by atoms with Gasteiger partial charge < -0.3 is 0 Å². The van der Waals surface area contributed by atoms with Crippen LogP contribution in [0.4, 0.5) is 0 Å². The average Bonchev–Trinajstić information content (AvgIpc) is 2.16. The van der Waals surface area contributed by atoms with Gasteiger partial charge in [-0.15, -0.1) is 0 Å². The van der Waals surface area contributed by atoms with E-state index in [0.717, 1.165) is 11.1 Å². The summed E-state index contributed by atoms with van der Waals surface area (Å²) in [7, 11) is 0. The average molecular weight is 200 g/mol. The molecule has 0 aliphatic carbocycles. The van der Waals surface area contributed by atoms with Crippen molar-refractivity contribution in [1.29, 1.82) is 10.5 Å². The van der Waals surface area contributed by atoms with Gasteiger partial charge in [-0.2, -0.15) is 10.5 Å². The number of rotatable bonds is 3. The number of hydrogen-bond donors (Lipinski definition) is 0. The molecule has 0 amide bonds. The van der Waals surface area contributed by atoms with Crippen LogP contribution in [0.2, 0.25) is 0 Å². The van der Waals surface area contributed by atoms with Crippen LogP contribution in [0.25, 0.3) is 0 Å². The van der Waals surface area contributed by atoms with Crippen molar-refractivity contribution in [2.75, 3.05) is 0 Å². The van der Waals surface area contributed by atoms with Crippen LogP contribution >= 0.6 is 0 Å². The predicted molar refractivity (Wildman–Crippen MR) is 61.7 cm³/mol. The second-order valence-electron chi connectivity index (χ2n) is 3.59. The van der Waals surface area contributed by atoms with E-state index in [0.29, 0.717) is 23.1 Å². The first-order valence-corrected chi connectivity index (χ1v) is 4.86. The molecule has 0 unspecified atom stereocenters. The molecule has 0 saturated heterocycles. The number of nitrogens with zero attached hydrogens (tertiary/aromatic N) is 2. The van der Waals surface area contributed by atoms with Crippen LogP contribution < -0.4 is 0 Å². The van der Waals surface area contributed by atoms with Crippen molar-refractivity contribution in [3.63, 3.8) is 0 Å². The Morgan fingerprint density at radius 3 is 1.73 bits per heavy atom. The first-order chi connectivity index (χ1) is 6.99. The summed E-state index contributed by atoms with van der Waals surface area (Å²) in [5.41, 5.74) is 3.59. The summed E-state index contributed by atoms with van der Waals surface area (Å²) in [6, 6.07) is 4.27. The molecule has 15 heavy (non-hydrogen) atoms. The fraction of sp³-hybridized carbons (Fsp3) is 0.385. The molecule has 0 saturated carbocycles. The van der Waals surface area contributed by atoms with Gasteiger partial charge in [0.25, 0.3) is 0 Å². The van der Waals surface area contributed by atoms with E-state index in [1.54, 1.807) is 6.92 Å². The molecule has 0 rings (SSSR count). The molecule has 0 aromatic rings. The number of nitriles is 2. The van der Waals surface area contributed by atoms with Crippen molar-refractivity contribution in [3.05, 3.63) is 34.4 Å². The molecule has 0 N–H and O–H groups in total. The monoisotopic (exact) mass is 200 g/mol. The highest BCUT2D eigenvalue weighted by molar-refractivity contribution is 5.55. The van der Waals surface area contributed by atoms with Gasteiger partial charge in [0.1, 0.15) is 0 Å². The van der Waals surface area contributed by atoms with Crippen LogP contribution in [0.1, 0.15) is 34.1 Å². The van der Waals surface area contributed by atoms with Gasteiger partial charge in [-0.3, -0.25) is 0 Å². The van der Waals surface area contributed by atoms with Crippen molar-refractivity contribution in [2.45, 2.75) is 34.1 Å². The van der Waals surface area contributed by atoms with E-state index in [-0.39, 0.29) is 0 Å². The molecule has 0 bridgehead atoms. The quantitative estimate of drug-likeness (QED) is 0.515. The molecule has 78 valence electrons. The summed E-state index contributed by atoms with van der Waals surface area (Å²) in [5, 5.41) is 18.1. The Balaban J connectivity index is 5.84. The van der Waals surface area contributed by atoms with Gasteiger partial charge >= 0.3 is 0 Å². The first-order valence-electron chi connectivity index (χ1n) is 4.86. The highest BCUT2D eigenvalue weighted by Gasteiger charge is 2.11. The van der Waals surface area contributed by atoms with Crippen molar-refractivity contribution in [1.82, 2.24) is 0 Å². The van der Waals surface area contributed by atoms with Gasteiger partial charge in [-0.25, -0.2) is 0 Å². The highest BCUT2D eigenvalue weighted by atomic mass is 14.3. The highest BCUT2D eigenvalue weighted by Crippen LogP contribution is 2.24. The maximum atomic E-state index is 9.04. The second kappa shape index (κ2) is 5.83. The van der Waals surface area contributed by atoms with E-state index in [9.17, 15) is 0 Å². The number of allylic oxidation sites excluding steroid dienone is 5. The molecule has 2 nitrogen and oxygen atoms in total. The summed E-state index contributed by atoms with van der Waals surface area (Å²) in [5.74, 6) is 0. The normalized spacial score (nSPS) is 10.8. The van der Waals surface area contributed by atoms with Crippen molar-refractivity contribution >= 4 is 0 Å². The minimum atomic E-state index is 0.537. The van der Waals surface area contributed by atoms with E-state index in [1.165, 1.54) is 0 Å². The van der Waals surface area contributed by atoms with Crippen LogP contribution in [0, 0.1) is 22.7 Å². The SMILES string of the molecule is C=C(C)/C(C#N)=C(/CC)C(C#N)=C(C)C. The Hall–Kier alpha value is -1.80. The second-order valence-corrected chi connectivity index (χ2v) is 3.59. The van der Waals surface area contributed by atoms with Crippen LogP contribution in [-0.2, 0) is 0 Å². The first kappa shape index (κ1) is 13.2. The van der Waals surface area contributed by atoms with Gasteiger partial charge in [-0.05, 0) is 38.3 Å². The smallest absolute Gasteiger partial charge is 0.0997 e. The zero-order chi connectivity index (χ0) is 12.0. The Morgan fingerprint density at radius 2 is 1.53 bits per heavy atom. The molecule has 0 spiro atoms. The van der Waals surface area contributed by atoms with Crippen molar-refractivity contribution < 1.29 is 0 Å². The van der Waals surface area contributed by atoms with Crippen molar-refractivity contribution in [2.24, 2.45) is 0 Å². The zero-order valence-corrected chi connectivity index (χ0v) is 9.81. The summed E-state index contributed by atoms with van der Waals surface area (Å²) in [6.45, 7) is 11.2. The van der Waals surface area contributed by atoms with Crippen LogP contribution in [0.15, 0.2) is 34.4 Å². The molecular formula is C13H16N2. The van der Waals surface area contributed by atoms with Crippen molar-refractivity contribution in [3.8, 4) is 12.1 Å². The third-order valence-electron chi connectivity index (χ3n) is 2.11. The Labute approximate surface area is 91.8 Å². The number of hydrogen-bond acceptors (Lipinski definition) is 2. The van der Waals surface area contributed by atoms with Gasteiger partial charge in [0.15, 0.2) is 0 Å². The molecule has 0 aliphatic heterocycles. The minimum Gasteiger partial charge on any atom is -0.192 e. The van der Waals surface area contributed by atoms with Gasteiger partial charge in [-0.1, -0.05) is 19.1 Å². The zero-order valence-electron chi connectivity index (χ0n) is 9.81. The van der Waals surface area contributed by atoms with E-state index in [1.807, 2.05) is 20.8 Å². The lowest BCUT2D eigenvalue weighted by atomic mass is 9.93. The third kappa shape index (κ3) is 3.11. The third-order valence-corrected chi connectivity index (χ3v) is 2.11. The summed E-state index contributed by atoms with van der Waals surface area (Å²) < 4.78 is 0. The molecular weight excluding hydrogens is 184 g/mol. The Kier molecular flexibility index (Phi) is 5.13. The molecule has 0 aromatic carbocycles. The molecule has 0 fully saturated rings. The topological polar surface area (TPSA) is 47.6 Å². The maximum Gasteiger partial charge on any atom is 0.0997 e. The fourth-order valence-electron chi connectivity index (χ4n) is 1.38. The largest absolute Gasteiger partial charge is 0.192 e.